The molecule has 4 N–H and O–H groups in total. The van der Waals surface area contributed by atoms with Gasteiger partial charge < -0.3 is 24.9 Å². The summed E-state index contributed by atoms with van der Waals surface area (Å²) in [4.78, 5) is 19.0. The molecule has 0 radical (unpaired) electrons. The van der Waals surface area contributed by atoms with Gasteiger partial charge in [-0.2, -0.15) is 0 Å². The van der Waals surface area contributed by atoms with E-state index in [-0.39, 0.29) is 0 Å². The number of carbonyl (C=O) groups is 1. The van der Waals surface area contributed by atoms with Crippen LogP contribution in [0.2, 0.25) is 0 Å². The van der Waals surface area contributed by atoms with E-state index in [0.717, 1.165) is 43.8 Å². The Bertz CT molecular complexity index is 1140. The highest BCUT2D eigenvalue weighted by molar-refractivity contribution is 6.15. The zero-order chi connectivity index (χ0) is 18.4. The fourth-order valence-corrected chi connectivity index (χ4v) is 3.63. The molecule has 134 valence electrons. The van der Waals surface area contributed by atoms with Gasteiger partial charge in [-0.15, -0.1) is 0 Å². The number of rotatable bonds is 4. The molecule has 6 heteroatoms. The molecule has 26 heavy (non-hydrogen) atoms. The molecule has 4 aromatic rings. The molecule has 6 nitrogen and oxygen atoms in total. The number of esters is 1. The van der Waals surface area contributed by atoms with E-state index in [4.69, 9.17) is 14.9 Å². The van der Waals surface area contributed by atoms with E-state index in [2.05, 4.69) is 16.0 Å². The summed E-state index contributed by atoms with van der Waals surface area (Å²) in [7, 11) is 0. The topological polar surface area (TPSA) is 98.3 Å². The zero-order valence-corrected chi connectivity index (χ0v) is 14.6. The average molecular weight is 352 g/mol. The van der Waals surface area contributed by atoms with E-state index in [9.17, 15) is 4.79 Å². The maximum atomic E-state index is 12.4. The van der Waals surface area contributed by atoms with Crippen LogP contribution >= 0.6 is 0 Å². The van der Waals surface area contributed by atoms with Crippen LogP contribution in [0.25, 0.3) is 32.7 Å². The monoisotopic (exact) mass is 352 g/mol. The Morgan fingerprint density at radius 1 is 1.04 bits per heavy atom. The smallest absolute Gasteiger partial charge is 0.355 e. The van der Waals surface area contributed by atoms with Crippen LogP contribution in [-0.2, 0) is 4.74 Å². The molecule has 0 fully saturated rings. The summed E-state index contributed by atoms with van der Waals surface area (Å²) in [6.45, 7) is 3.05. The van der Waals surface area contributed by atoms with Crippen molar-refractivity contribution in [1.82, 2.24) is 9.97 Å². The first-order valence-electron chi connectivity index (χ1n) is 8.50. The average Bonchev–Trinajstić information content (AvgIpc) is 3.18. The molecule has 0 unspecified atom stereocenters. The SMILES string of the molecule is Cc1c(C(=O)OC(CO)CO)[nH]c2cc3c([nH]c4ccccc43)c(C)c12. The van der Waals surface area contributed by atoms with Crippen LogP contribution in [0.4, 0.5) is 0 Å². The molecule has 0 amide bonds. The van der Waals surface area contributed by atoms with Crippen molar-refractivity contribution < 1.29 is 19.7 Å². The fraction of sp³-hybridized carbons (Fsp3) is 0.250. The number of fused-ring (bicyclic) bond motifs is 4. The third kappa shape index (κ3) is 2.38. The lowest BCUT2D eigenvalue weighted by Gasteiger charge is -2.12. The molecular formula is C20H20N2O4. The predicted molar refractivity (Wildman–Crippen MR) is 101 cm³/mol. The van der Waals surface area contributed by atoms with Crippen molar-refractivity contribution in [2.75, 3.05) is 13.2 Å². The minimum Gasteiger partial charge on any atom is -0.453 e. The van der Waals surface area contributed by atoms with Crippen molar-refractivity contribution in [3.63, 3.8) is 0 Å². The van der Waals surface area contributed by atoms with Crippen molar-refractivity contribution in [1.29, 1.82) is 0 Å². The van der Waals surface area contributed by atoms with E-state index in [0.29, 0.717) is 5.69 Å². The Kier molecular flexibility index (Phi) is 3.94. The summed E-state index contributed by atoms with van der Waals surface area (Å²) in [6, 6.07) is 10.1. The molecule has 0 spiro atoms. The lowest BCUT2D eigenvalue weighted by Crippen LogP contribution is -2.26. The number of aryl methyl sites for hydroxylation is 2. The third-order valence-electron chi connectivity index (χ3n) is 4.95. The Morgan fingerprint density at radius 2 is 1.77 bits per heavy atom. The number of hydrogen-bond donors (Lipinski definition) is 4. The minimum atomic E-state index is -0.923. The Morgan fingerprint density at radius 3 is 2.50 bits per heavy atom. The van der Waals surface area contributed by atoms with Gasteiger partial charge in [0.15, 0.2) is 0 Å². The number of carbonyl (C=O) groups excluding carboxylic acids is 1. The van der Waals surface area contributed by atoms with Crippen LogP contribution in [0.15, 0.2) is 30.3 Å². The van der Waals surface area contributed by atoms with E-state index in [1.54, 1.807) is 0 Å². The number of ether oxygens (including phenoxy) is 1. The van der Waals surface area contributed by atoms with E-state index < -0.39 is 25.3 Å². The maximum Gasteiger partial charge on any atom is 0.355 e. The predicted octanol–water partition coefficient (Wildman–Crippen LogP) is 2.93. The van der Waals surface area contributed by atoms with Crippen molar-refractivity contribution in [2.45, 2.75) is 20.0 Å². The summed E-state index contributed by atoms with van der Waals surface area (Å²) >= 11 is 0. The van der Waals surface area contributed by atoms with Gasteiger partial charge in [-0.3, -0.25) is 0 Å². The molecule has 0 saturated heterocycles. The van der Waals surface area contributed by atoms with Crippen LogP contribution in [0.5, 0.6) is 0 Å². The molecule has 0 aliphatic carbocycles. The van der Waals surface area contributed by atoms with Gasteiger partial charge >= 0.3 is 5.97 Å². The van der Waals surface area contributed by atoms with Crippen LogP contribution < -0.4 is 0 Å². The van der Waals surface area contributed by atoms with Gasteiger partial charge in [-0.1, -0.05) is 18.2 Å². The van der Waals surface area contributed by atoms with Crippen LogP contribution in [0, 0.1) is 13.8 Å². The number of aliphatic hydroxyl groups is 2. The van der Waals surface area contributed by atoms with Gasteiger partial charge in [0.2, 0.25) is 0 Å². The number of para-hydroxylation sites is 1. The summed E-state index contributed by atoms with van der Waals surface area (Å²) in [5.74, 6) is -0.584. The first-order chi connectivity index (χ1) is 12.5. The standard InChI is InChI=1S/C20H20N2O4/c1-10-17-11(2)19(20(25)26-12(8-23)9-24)22-16(17)7-14-13-5-3-4-6-15(13)21-18(10)14/h3-7,12,21-24H,8-9H2,1-2H3. The Labute approximate surface area is 149 Å². The van der Waals surface area contributed by atoms with Gasteiger partial charge in [-0.05, 0) is 37.1 Å². The number of nitrogens with one attached hydrogen (secondary N) is 2. The molecule has 0 aliphatic rings. The fourth-order valence-electron chi connectivity index (χ4n) is 3.63. The van der Waals surface area contributed by atoms with E-state index in [1.807, 2.05) is 38.1 Å². The summed E-state index contributed by atoms with van der Waals surface area (Å²) in [5, 5.41) is 21.4. The number of benzene rings is 2. The molecule has 0 bridgehead atoms. The quantitative estimate of drug-likeness (QED) is 0.424. The van der Waals surface area contributed by atoms with Crippen molar-refractivity contribution in [3.8, 4) is 0 Å². The van der Waals surface area contributed by atoms with Gasteiger partial charge in [0.05, 0.1) is 18.7 Å². The second kappa shape index (κ2) is 6.16. The molecule has 2 aromatic carbocycles. The van der Waals surface area contributed by atoms with Crippen LogP contribution in [0.1, 0.15) is 21.6 Å². The van der Waals surface area contributed by atoms with Crippen LogP contribution in [-0.4, -0.2) is 45.5 Å². The molecule has 0 aliphatic heterocycles. The molecule has 2 aromatic heterocycles. The highest BCUT2D eigenvalue weighted by Crippen LogP contribution is 2.35. The largest absolute Gasteiger partial charge is 0.453 e. The summed E-state index contributed by atoms with van der Waals surface area (Å²) in [5.41, 5.74) is 5.16. The van der Waals surface area contributed by atoms with Crippen molar-refractivity contribution in [2.24, 2.45) is 0 Å². The van der Waals surface area contributed by atoms with Gasteiger partial charge in [0, 0.05) is 27.2 Å². The highest BCUT2D eigenvalue weighted by Gasteiger charge is 2.22. The van der Waals surface area contributed by atoms with Gasteiger partial charge in [0.25, 0.3) is 0 Å². The zero-order valence-electron chi connectivity index (χ0n) is 14.6. The normalized spacial score (nSPS) is 11.9. The van der Waals surface area contributed by atoms with E-state index in [1.165, 1.54) is 0 Å². The van der Waals surface area contributed by atoms with Crippen LogP contribution in [0.3, 0.4) is 0 Å². The number of hydrogen-bond acceptors (Lipinski definition) is 4. The van der Waals surface area contributed by atoms with Gasteiger partial charge in [0.1, 0.15) is 11.8 Å². The number of aliphatic hydroxyl groups excluding tert-OH is 2. The second-order valence-corrected chi connectivity index (χ2v) is 6.53. The first-order valence-corrected chi connectivity index (χ1v) is 8.50. The number of aromatic amines is 2. The van der Waals surface area contributed by atoms with Gasteiger partial charge in [-0.25, -0.2) is 4.79 Å². The molecular weight excluding hydrogens is 332 g/mol. The lowest BCUT2D eigenvalue weighted by atomic mass is 10.0. The minimum absolute atomic E-state index is 0.340. The highest BCUT2D eigenvalue weighted by atomic mass is 16.6. The molecule has 0 saturated carbocycles. The lowest BCUT2D eigenvalue weighted by molar-refractivity contribution is -0.00595. The summed E-state index contributed by atoms with van der Waals surface area (Å²) < 4.78 is 5.16. The van der Waals surface area contributed by atoms with E-state index >= 15 is 0 Å². The Hall–Kier alpha value is -2.83. The molecule has 2 heterocycles. The van der Waals surface area contributed by atoms with Crippen molar-refractivity contribution in [3.05, 3.63) is 47.2 Å². The van der Waals surface area contributed by atoms with Crippen molar-refractivity contribution >= 4 is 38.7 Å². The molecule has 4 rings (SSSR count). The third-order valence-corrected chi connectivity index (χ3v) is 4.95. The number of H-pyrrole nitrogens is 2. The first kappa shape index (κ1) is 16.6. The maximum absolute atomic E-state index is 12.4. The summed E-state index contributed by atoms with van der Waals surface area (Å²) in [6.07, 6.45) is -0.923. The number of aromatic nitrogens is 2. The Balaban J connectivity index is 1.91. The molecule has 0 atom stereocenters. The second-order valence-electron chi connectivity index (χ2n) is 6.53.